The molecule has 40 heavy (non-hydrogen) atoms. The third-order valence-corrected chi connectivity index (χ3v) is 13.4. The first-order valence-electron chi connectivity index (χ1n) is 16.6. The first kappa shape index (κ1) is 28.9. The number of hydrogen-bond donors (Lipinski definition) is 0. The predicted octanol–water partition coefficient (Wildman–Crippen LogP) is 4.81. The summed E-state index contributed by atoms with van der Waals surface area (Å²) in [5.74, 6) is 2.35. The highest BCUT2D eigenvalue weighted by atomic mass is 16.5. The molecule has 6 fully saturated rings. The standard InChI is InChI=1S/C33H55N2O5/c1-22(36)39-30-19-24-9-10-25-26(33(24,4)21-28(30)34-13-17-38-18-14-34)11-12-32(3)27(25)20-29(31(32)40-23(2)37)35(5)15-7-6-8-16-35/h24-31H,6-21H2,1-5H3/q+1/t24-,25+,26-,27-,28-,29-,30-,31-,32-,33-/m0/s1. The number of likely N-dealkylation sites (N-methyl/N-ethyl adjacent to an activating group) is 1. The summed E-state index contributed by atoms with van der Waals surface area (Å²) in [6.45, 7) is 14.1. The number of carbonyl (C=O) groups is 2. The van der Waals surface area contributed by atoms with E-state index in [1.807, 2.05) is 0 Å². The Labute approximate surface area is 242 Å². The van der Waals surface area contributed by atoms with Crippen LogP contribution in [0.15, 0.2) is 0 Å². The van der Waals surface area contributed by atoms with Gasteiger partial charge in [0.15, 0.2) is 6.10 Å². The van der Waals surface area contributed by atoms with Crippen molar-refractivity contribution < 1.29 is 28.3 Å². The molecule has 7 nitrogen and oxygen atoms in total. The Morgan fingerprint density at radius 1 is 0.875 bits per heavy atom. The molecule has 0 N–H and O–H groups in total. The van der Waals surface area contributed by atoms with Gasteiger partial charge in [0.1, 0.15) is 12.1 Å². The molecule has 0 spiro atoms. The molecule has 0 aromatic carbocycles. The number of hydrogen-bond acceptors (Lipinski definition) is 6. The van der Waals surface area contributed by atoms with Gasteiger partial charge < -0.3 is 18.7 Å². The number of fused-ring (bicyclic) bond motifs is 5. The van der Waals surface area contributed by atoms with Crippen LogP contribution in [-0.2, 0) is 23.8 Å². The maximum atomic E-state index is 12.5. The van der Waals surface area contributed by atoms with E-state index in [0.29, 0.717) is 29.7 Å². The van der Waals surface area contributed by atoms with E-state index in [4.69, 9.17) is 14.2 Å². The van der Waals surface area contributed by atoms with Crippen LogP contribution >= 0.6 is 0 Å². The quantitative estimate of drug-likeness (QED) is 0.364. The van der Waals surface area contributed by atoms with Crippen molar-refractivity contribution in [1.29, 1.82) is 0 Å². The van der Waals surface area contributed by atoms with Gasteiger partial charge in [-0.05, 0) is 86.9 Å². The van der Waals surface area contributed by atoms with Crippen LogP contribution in [0.3, 0.4) is 0 Å². The second-order valence-corrected chi connectivity index (χ2v) is 15.3. The number of nitrogens with zero attached hydrogens (tertiary/aromatic N) is 2. The minimum atomic E-state index is -0.142. The molecule has 0 bridgehead atoms. The number of quaternary nitrogens is 1. The van der Waals surface area contributed by atoms with Crippen LogP contribution in [0, 0.1) is 34.5 Å². The molecule has 226 valence electrons. The molecule has 0 unspecified atom stereocenters. The van der Waals surface area contributed by atoms with Crippen molar-refractivity contribution in [3.05, 3.63) is 0 Å². The van der Waals surface area contributed by atoms with Gasteiger partial charge in [0.2, 0.25) is 0 Å². The van der Waals surface area contributed by atoms with Crippen molar-refractivity contribution in [1.82, 2.24) is 4.90 Å². The van der Waals surface area contributed by atoms with E-state index in [-0.39, 0.29) is 41.0 Å². The van der Waals surface area contributed by atoms with Crippen LogP contribution in [0.5, 0.6) is 0 Å². The lowest BCUT2D eigenvalue weighted by Gasteiger charge is -2.62. The van der Waals surface area contributed by atoms with Gasteiger partial charge >= 0.3 is 11.9 Å². The Hall–Kier alpha value is -1.18. The van der Waals surface area contributed by atoms with Crippen molar-refractivity contribution in [2.24, 2.45) is 34.5 Å². The molecule has 0 aromatic rings. The highest BCUT2D eigenvalue weighted by Gasteiger charge is 2.67. The average Bonchev–Trinajstić information content (AvgIpc) is 3.21. The second kappa shape index (κ2) is 10.8. The number of morpholine rings is 1. The molecular formula is C33H55N2O5+. The summed E-state index contributed by atoms with van der Waals surface area (Å²) in [7, 11) is 2.46. The van der Waals surface area contributed by atoms with Gasteiger partial charge in [-0.25, -0.2) is 0 Å². The molecule has 0 amide bonds. The van der Waals surface area contributed by atoms with E-state index in [1.54, 1.807) is 13.8 Å². The molecule has 2 saturated heterocycles. The molecule has 2 aliphatic heterocycles. The van der Waals surface area contributed by atoms with Crippen molar-refractivity contribution in [2.45, 2.75) is 116 Å². The van der Waals surface area contributed by atoms with Gasteiger partial charge in [-0.2, -0.15) is 0 Å². The van der Waals surface area contributed by atoms with Gasteiger partial charge in [-0.1, -0.05) is 13.8 Å². The van der Waals surface area contributed by atoms with Crippen LogP contribution in [-0.4, -0.2) is 92.1 Å². The summed E-state index contributed by atoms with van der Waals surface area (Å²) in [5.41, 5.74) is 0.320. The van der Waals surface area contributed by atoms with Crippen LogP contribution < -0.4 is 0 Å². The zero-order valence-corrected chi connectivity index (χ0v) is 25.9. The second-order valence-electron chi connectivity index (χ2n) is 15.3. The van der Waals surface area contributed by atoms with Gasteiger partial charge in [0.05, 0.1) is 33.4 Å². The SMILES string of the molecule is CC(=O)O[C@H]1C[C@@H]2CC[C@@H]3[C@H](CC[C@@]4(C)[C@H]3C[C@H]([N+]3(C)CCCCC3)[C@@H]4OC(C)=O)[C@@]2(C)C[C@@H]1N1CCOCC1. The lowest BCUT2D eigenvalue weighted by atomic mass is 9.44. The van der Waals surface area contributed by atoms with Crippen LogP contribution in [0.4, 0.5) is 0 Å². The maximum Gasteiger partial charge on any atom is 0.303 e. The van der Waals surface area contributed by atoms with Crippen molar-refractivity contribution in [3.63, 3.8) is 0 Å². The summed E-state index contributed by atoms with van der Waals surface area (Å²) >= 11 is 0. The third kappa shape index (κ3) is 4.84. The first-order chi connectivity index (χ1) is 19.0. The lowest BCUT2D eigenvalue weighted by Crippen LogP contribution is -2.62. The summed E-state index contributed by atoms with van der Waals surface area (Å²) in [4.78, 5) is 27.2. The Kier molecular flexibility index (Phi) is 7.83. The van der Waals surface area contributed by atoms with Gasteiger partial charge in [-0.3, -0.25) is 14.5 Å². The summed E-state index contributed by atoms with van der Waals surface area (Å²) in [6.07, 6.45) is 12.1. The van der Waals surface area contributed by atoms with Crippen molar-refractivity contribution >= 4 is 11.9 Å². The average molecular weight is 560 g/mol. The molecule has 7 heteroatoms. The van der Waals surface area contributed by atoms with Gasteiger partial charge in [-0.15, -0.1) is 0 Å². The Balaban J connectivity index is 1.29. The fraction of sp³-hybridized carbons (Fsp3) is 0.939. The molecule has 10 atom stereocenters. The molecule has 4 aliphatic carbocycles. The van der Waals surface area contributed by atoms with Crippen molar-refractivity contribution in [2.75, 3.05) is 46.4 Å². The monoisotopic (exact) mass is 559 g/mol. The van der Waals surface area contributed by atoms with E-state index in [1.165, 1.54) is 58.0 Å². The van der Waals surface area contributed by atoms with Crippen LogP contribution in [0.1, 0.15) is 91.9 Å². The molecule has 6 rings (SSSR count). The Morgan fingerprint density at radius 3 is 2.25 bits per heavy atom. The van der Waals surface area contributed by atoms with Gasteiger partial charge in [0, 0.05) is 44.8 Å². The number of carbonyl (C=O) groups excluding carboxylic acids is 2. The molecule has 6 aliphatic rings. The van der Waals surface area contributed by atoms with E-state index in [2.05, 4.69) is 25.8 Å². The van der Waals surface area contributed by atoms with E-state index >= 15 is 0 Å². The predicted molar refractivity (Wildman–Crippen MR) is 153 cm³/mol. The van der Waals surface area contributed by atoms with E-state index in [9.17, 15) is 9.59 Å². The summed E-state index contributed by atoms with van der Waals surface area (Å²) in [6, 6.07) is 0.702. The largest absolute Gasteiger partial charge is 0.461 e. The van der Waals surface area contributed by atoms with Crippen LogP contribution in [0.25, 0.3) is 0 Å². The minimum Gasteiger partial charge on any atom is -0.461 e. The number of esters is 2. The first-order valence-corrected chi connectivity index (χ1v) is 16.6. The zero-order valence-electron chi connectivity index (χ0n) is 25.9. The topological polar surface area (TPSA) is 65.1 Å². The normalized spacial score (nSPS) is 46.9. The lowest BCUT2D eigenvalue weighted by molar-refractivity contribution is -0.940. The van der Waals surface area contributed by atoms with E-state index < -0.39 is 0 Å². The number of ether oxygens (including phenoxy) is 3. The molecule has 2 heterocycles. The molecular weight excluding hydrogens is 504 g/mol. The highest BCUT2D eigenvalue weighted by molar-refractivity contribution is 5.66. The van der Waals surface area contributed by atoms with Gasteiger partial charge in [0.25, 0.3) is 0 Å². The third-order valence-electron chi connectivity index (χ3n) is 13.4. The smallest absolute Gasteiger partial charge is 0.303 e. The molecule has 0 aromatic heterocycles. The van der Waals surface area contributed by atoms with Crippen molar-refractivity contribution in [3.8, 4) is 0 Å². The highest BCUT2D eigenvalue weighted by Crippen LogP contribution is 2.67. The number of likely N-dealkylation sites (tertiary alicyclic amines) is 1. The van der Waals surface area contributed by atoms with E-state index in [0.717, 1.165) is 50.0 Å². The fourth-order valence-corrected chi connectivity index (χ4v) is 11.4. The minimum absolute atomic E-state index is 0.00756. The molecule has 0 radical (unpaired) electrons. The van der Waals surface area contributed by atoms with Crippen LogP contribution in [0.2, 0.25) is 0 Å². The Bertz CT molecular complexity index is 960. The fourth-order valence-electron chi connectivity index (χ4n) is 11.4. The summed E-state index contributed by atoms with van der Waals surface area (Å²) in [5, 5.41) is 0. The molecule has 4 saturated carbocycles. The number of rotatable bonds is 4. The number of piperidine rings is 1. The Morgan fingerprint density at radius 2 is 1.57 bits per heavy atom. The maximum absolute atomic E-state index is 12.5. The zero-order chi connectivity index (χ0) is 28.3. The summed E-state index contributed by atoms with van der Waals surface area (Å²) < 4.78 is 19.2.